The van der Waals surface area contributed by atoms with E-state index < -0.39 is 0 Å². The molecule has 0 aliphatic heterocycles. The summed E-state index contributed by atoms with van der Waals surface area (Å²) in [5.41, 5.74) is 8.29. The van der Waals surface area contributed by atoms with Crippen molar-refractivity contribution in [1.29, 1.82) is 0 Å². The van der Waals surface area contributed by atoms with Crippen LogP contribution >= 0.6 is 0 Å². The van der Waals surface area contributed by atoms with Crippen molar-refractivity contribution in [3.8, 4) is 0 Å². The van der Waals surface area contributed by atoms with Crippen LogP contribution < -0.4 is 11.2 Å². The lowest BCUT2D eigenvalue weighted by molar-refractivity contribution is 0.911. The molecule has 1 heterocycles. The fourth-order valence-electron chi connectivity index (χ4n) is 1.82. The fraction of sp³-hybridized carbons (Fsp3) is 0.250. The molecule has 0 atom stereocenters. The Hall–Kier alpha value is -1.61. The molecule has 0 aliphatic rings. The Kier molecular flexibility index (Phi) is 2.32. The molecular weight excluding hydrogens is 188 g/mol. The molecule has 0 radical (unpaired) electrons. The minimum Gasteiger partial charge on any atom is -0.350 e. The lowest BCUT2D eigenvalue weighted by atomic mass is 10.1. The Morgan fingerprint density at radius 1 is 1.40 bits per heavy atom. The van der Waals surface area contributed by atoms with E-state index in [2.05, 4.69) is 0 Å². The first-order valence-corrected chi connectivity index (χ1v) is 4.92. The van der Waals surface area contributed by atoms with Gasteiger partial charge in [0.2, 0.25) is 0 Å². The summed E-state index contributed by atoms with van der Waals surface area (Å²) in [5.74, 6) is 0. The average molecular weight is 202 g/mol. The van der Waals surface area contributed by atoms with Gasteiger partial charge in [-0.2, -0.15) is 0 Å². The van der Waals surface area contributed by atoms with Crippen LogP contribution in [-0.2, 0) is 13.6 Å². The number of fused-ring (bicyclic) bond motifs is 1. The molecule has 1 aromatic carbocycles. The third-order valence-corrected chi connectivity index (χ3v) is 2.64. The van der Waals surface area contributed by atoms with E-state index in [0.717, 1.165) is 16.5 Å². The molecule has 0 unspecified atom stereocenters. The fourth-order valence-corrected chi connectivity index (χ4v) is 1.82. The predicted octanol–water partition coefficient (Wildman–Crippen LogP) is 1.31. The van der Waals surface area contributed by atoms with Crippen molar-refractivity contribution in [1.82, 2.24) is 4.57 Å². The second kappa shape index (κ2) is 3.51. The van der Waals surface area contributed by atoms with Gasteiger partial charge in [-0.15, -0.1) is 0 Å². The van der Waals surface area contributed by atoms with Crippen molar-refractivity contribution in [2.75, 3.05) is 0 Å². The molecule has 1 aromatic heterocycles. The highest BCUT2D eigenvalue weighted by Crippen LogP contribution is 2.12. The molecule has 3 nitrogen and oxygen atoms in total. The van der Waals surface area contributed by atoms with E-state index in [9.17, 15) is 4.79 Å². The molecule has 0 fully saturated rings. The summed E-state index contributed by atoms with van der Waals surface area (Å²) in [7, 11) is 1.93. The SMILES string of the molecule is Cc1ccc2c(c1)c(=O)c(CN)cn2C. The number of benzene rings is 1. The van der Waals surface area contributed by atoms with E-state index in [-0.39, 0.29) is 12.0 Å². The van der Waals surface area contributed by atoms with Gasteiger partial charge in [-0.1, -0.05) is 11.6 Å². The smallest absolute Gasteiger partial charge is 0.193 e. The largest absolute Gasteiger partial charge is 0.350 e. The summed E-state index contributed by atoms with van der Waals surface area (Å²) in [6, 6.07) is 5.88. The molecule has 0 saturated heterocycles. The first-order valence-electron chi connectivity index (χ1n) is 4.92. The van der Waals surface area contributed by atoms with Crippen LogP contribution in [0, 0.1) is 6.92 Å². The van der Waals surface area contributed by atoms with E-state index in [1.165, 1.54) is 0 Å². The quantitative estimate of drug-likeness (QED) is 0.757. The highest BCUT2D eigenvalue weighted by atomic mass is 16.1. The maximum absolute atomic E-state index is 12.0. The minimum atomic E-state index is 0.0503. The average Bonchev–Trinajstić information content (AvgIpc) is 2.23. The summed E-state index contributed by atoms with van der Waals surface area (Å²) in [6.45, 7) is 2.27. The van der Waals surface area contributed by atoms with Crippen LogP contribution in [-0.4, -0.2) is 4.57 Å². The van der Waals surface area contributed by atoms with Crippen molar-refractivity contribution >= 4 is 10.9 Å². The maximum Gasteiger partial charge on any atom is 0.193 e. The van der Waals surface area contributed by atoms with Gasteiger partial charge in [0.15, 0.2) is 5.43 Å². The number of hydrogen-bond donors (Lipinski definition) is 1. The summed E-state index contributed by atoms with van der Waals surface area (Å²) < 4.78 is 1.94. The summed E-state index contributed by atoms with van der Waals surface area (Å²) in [4.78, 5) is 12.0. The summed E-state index contributed by atoms with van der Waals surface area (Å²) in [5, 5.41) is 0.750. The monoisotopic (exact) mass is 202 g/mol. The number of aromatic nitrogens is 1. The van der Waals surface area contributed by atoms with Gasteiger partial charge in [-0.3, -0.25) is 4.79 Å². The number of nitrogens with zero attached hydrogens (tertiary/aromatic N) is 1. The second-order valence-electron chi connectivity index (χ2n) is 3.82. The third kappa shape index (κ3) is 1.55. The van der Waals surface area contributed by atoms with Crippen LogP contribution in [0.1, 0.15) is 11.1 Å². The van der Waals surface area contributed by atoms with Crippen LogP contribution in [0.2, 0.25) is 0 Å². The Morgan fingerprint density at radius 3 is 2.80 bits per heavy atom. The first kappa shape index (κ1) is 9.93. The van der Waals surface area contributed by atoms with Gasteiger partial charge in [-0.25, -0.2) is 0 Å². The van der Waals surface area contributed by atoms with Crippen molar-refractivity contribution in [3.05, 3.63) is 45.7 Å². The zero-order chi connectivity index (χ0) is 11.0. The van der Waals surface area contributed by atoms with Gasteiger partial charge >= 0.3 is 0 Å². The third-order valence-electron chi connectivity index (χ3n) is 2.64. The van der Waals surface area contributed by atoms with Gasteiger partial charge < -0.3 is 10.3 Å². The number of aryl methyl sites for hydroxylation is 2. The van der Waals surface area contributed by atoms with Gasteiger partial charge in [0.25, 0.3) is 0 Å². The van der Waals surface area contributed by atoms with Crippen molar-refractivity contribution < 1.29 is 0 Å². The Morgan fingerprint density at radius 2 is 2.13 bits per heavy atom. The maximum atomic E-state index is 12.0. The Balaban J connectivity index is 2.95. The number of rotatable bonds is 1. The van der Waals surface area contributed by atoms with Crippen LogP contribution in [0.5, 0.6) is 0 Å². The standard InChI is InChI=1S/C12H14N2O/c1-8-3-4-11-10(5-8)12(15)9(6-13)7-14(11)2/h3-5,7H,6,13H2,1-2H3. The highest BCUT2D eigenvalue weighted by Gasteiger charge is 2.05. The molecule has 2 N–H and O–H groups in total. The number of nitrogens with two attached hydrogens (primary N) is 1. The molecule has 0 amide bonds. The minimum absolute atomic E-state index is 0.0503. The van der Waals surface area contributed by atoms with Crippen LogP contribution in [0.15, 0.2) is 29.2 Å². The van der Waals surface area contributed by atoms with Gasteiger partial charge in [-0.05, 0) is 19.1 Å². The molecule has 2 rings (SSSR count). The summed E-state index contributed by atoms with van der Waals surface area (Å²) in [6.07, 6.45) is 1.81. The lowest BCUT2D eigenvalue weighted by Gasteiger charge is -2.08. The van der Waals surface area contributed by atoms with E-state index in [1.807, 2.05) is 36.7 Å². The van der Waals surface area contributed by atoms with Crippen molar-refractivity contribution in [2.24, 2.45) is 12.8 Å². The Bertz CT molecular complexity index is 570. The van der Waals surface area contributed by atoms with Crippen molar-refractivity contribution in [2.45, 2.75) is 13.5 Å². The first-order chi connectivity index (χ1) is 7.13. The topological polar surface area (TPSA) is 48.0 Å². The zero-order valence-electron chi connectivity index (χ0n) is 8.95. The molecular formula is C12H14N2O. The van der Waals surface area contributed by atoms with Gasteiger partial charge in [0, 0.05) is 30.7 Å². The molecule has 78 valence electrons. The normalized spacial score (nSPS) is 10.9. The molecule has 0 saturated carbocycles. The number of pyridine rings is 1. The second-order valence-corrected chi connectivity index (χ2v) is 3.82. The highest BCUT2D eigenvalue weighted by molar-refractivity contribution is 5.80. The van der Waals surface area contributed by atoms with E-state index in [0.29, 0.717) is 5.56 Å². The molecule has 0 spiro atoms. The molecule has 3 heteroatoms. The molecule has 15 heavy (non-hydrogen) atoms. The zero-order valence-corrected chi connectivity index (χ0v) is 8.95. The van der Waals surface area contributed by atoms with Crippen LogP contribution in [0.25, 0.3) is 10.9 Å². The van der Waals surface area contributed by atoms with Crippen LogP contribution in [0.3, 0.4) is 0 Å². The van der Waals surface area contributed by atoms with E-state index in [4.69, 9.17) is 5.73 Å². The van der Waals surface area contributed by atoms with Crippen molar-refractivity contribution in [3.63, 3.8) is 0 Å². The van der Waals surface area contributed by atoms with E-state index in [1.54, 1.807) is 6.20 Å². The van der Waals surface area contributed by atoms with Crippen LogP contribution in [0.4, 0.5) is 0 Å². The Labute approximate surface area is 88.1 Å². The van der Waals surface area contributed by atoms with E-state index >= 15 is 0 Å². The predicted molar refractivity (Wildman–Crippen MR) is 61.8 cm³/mol. The molecule has 0 bridgehead atoms. The number of hydrogen-bond acceptors (Lipinski definition) is 2. The summed E-state index contributed by atoms with van der Waals surface area (Å²) >= 11 is 0. The van der Waals surface area contributed by atoms with Gasteiger partial charge in [0.05, 0.1) is 5.52 Å². The molecule has 2 aromatic rings. The molecule has 0 aliphatic carbocycles. The van der Waals surface area contributed by atoms with Gasteiger partial charge in [0.1, 0.15) is 0 Å². The lowest BCUT2D eigenvalue weighted by Crippen LogP contribution is -2.16.